The number of fused-ring (bicyclic) bond motifs is 2. The van der Waals surface area contributed by atoms with Crippen LogP contribution in [-0.4, -0.2) is 48.2 Å². The van der Waals surface area contributed by atoms with E-state index in [4.69, 9.17) is 0 Å². The first kappa shape index (κ1) is 18.7. The van der Waals surface area contributed by atoms with Crippen LogP contribution in [0.15, 0.2) is 42.5 Å². The maximum absolute atomic E-state index is 11.4. The number of hydrogen-bond donors (Lipinski definition) is 1. The zero-order chi connectivity index (χ0) is 19.2. The van der Waals surface area contributed by atoms with Crippen LogP contribution in [0.2, 0.25) is 0 Å². The Morgan fingerprint density at radius 3 is 2.48 bits per heavy atom. The van der Waals surface area contributed by atoms with Crippen molar-refractivity contribution < 1.29 is 5.11 Å². The molecule has 0 amide bonds. The topological polar surface area (TPSA) is 26.7 Å². The van der Waals surface area contributed by atoms with Gasteiger partial charge in [0.15, 0.2) is 0 Å². The van der Waals surface area contributed by atoms with Crippen LogP contribution >= 0.6 is 0 Å². The van der Waals surface area contributed by atoms with Crippen LogP contribution in [0, 0.1) is 13.8 Å². The standard InChI is InChI=1S/C24H32N2O/c1-17-9-10-18(2)19(15-17)16-26-13-11-24(12-14-26)21-8-6-5-7-20(21)22(23(24)27)25(3)4/h5-10,15,22-23,27H,11-14,16H2,1-4H3/t22-,23+/m0/s1. The van der Waals surface area contributed by atoms with E-state index in [1.807, 2.05) is 0 Å². The Hall–Kier alpha value is -1.68. The van der Waals surface area contributed by atoms with Gasteiger partial charge in [0.2, 0.25) is 0 Å². The minimum Gasteiger partial charge on any atom is -0.390 e. The second-order valence-electron chi connectivity index (χ2n) is 8.80. The average Bonchev–Trinajstić information content (AvgIpc) is 2.89. The average molecular weight is 365 g/mol. The van der Waals surface area contributed by atoms with Gasteiger partial charge in [0, 0.05) is 12.0 Å². The molecule has 1 spiro atoms. The normalized spacial score (nSPS) is 24.5. The lowest BCUT2D eigenvalue weighted by Crippen LogP contribution is -2.49. The van der Waals surface area contributed by atoms with Gasteiger partial charge in [-0.2, -0.15) is 0 Å². The monoisotopic (exact) mass is 364 g/mol. The predicted octanol–water partition coefficient (Wildman–Crippen LogP) is 3.81. The molecule has 3 heteroatoms. The molecule has 4 rings (SSSR count). The van der Waals surface area contributed by atoms with Gasteiger partial charge in [0.05, 0.1) is 12.1 Å². The third kappa shape index (κ3) is 3.12. The van der Waals surface area contributed by atoms with Crippen molar-refractivity contribution in [3.05, 3.63) is 70.3 Å². The first-order chi connectivity index (χ1) is 12.9. The van der Waals surface area contributed by atoms with Crippen LogP contribution in [0.3, 0.4) is 0 Å². The summed E-state index contributed by atoms with van der Waals surface area (Å²) in [4.78, 5) is 4.74. The maximum Gasteiger partial charge on any atom is 0.0834 e. The highest BCUT2D eigenvalue weighted by Crippen LogP contribution is 2.52. The molecule has 1 heterocycles. The fourth-order valence-corrected chi connectivity index (χ4v) is 5.29. The van der Waals surface area contributed by atoms with E-state index >= 15 is 0 Å². The van der Waals surface area contributed by atoms with E-state index in [2.05, 4.69) is 80.2 Å². The number of likely N-dealkylation sites (tertiary alicyclic amines) is 1. The van der Waals surface area contributed by atoms with Gasteiger partial charge in [-0.05, 0) is 76.1 Å². The van der Waals surface area contributed by atoms with Crippen LogP contribution in [0.1, 0.15) is 46.7 Å². The van der Waals surface area contributed by atoms with Crippen LogP contribution < -0.4 is 0 Å². The molecule has 0 saturated carbocycles. The molecule has 1 aliphatic heterocycles. The summed E-state index contributed by atoms with van der Waals surface area (Å²) in [7, 11) is 4.17. The number of aliphatic hydroxyl groups excluding tert-OH is 1. The maximum atomic E-state index is 11.4. The number of aliphatic hydroxyl groups is 1. The van der Waals surface area contributed by atoms with Crippen LogP contribution in [0.4, 0.5) is 0 Å². The summed E-state index contributed by atoms with van der Waals surface area (Å²) in [6.07, 6.45) is 1.73. The predicted molar refractivity (Wildman–Crippen MR) is 111 cm³/mol. The Labute approximate surface area is 163 Å². The molecule has 0 radical (unpaired) electrons. The zero-order valence-electron chi connectivity index (χ0n) is 17.1. The molecule has 3 nitrogen and oxygen atoms in total. The van der Waals surface area contributed by atoms with E-state index in [0.717, 1.165) is 32.5 Å². The molecule has 1 saturated heterocycles. The summed E-state index contributed by atoms with van der Waals surface area (Å²) in [5.74, 6) is 0. The van der Waals surface area contributed by atoms with Crippen LogP contribution in [-0.2, 0) is 12.0 Å². The highest BCUT2D eigenvalue weighted by molar-refractivity contribution is 5.45. The van der Waals surface area contributed by atoms with Crippen LogP contribution in [0.5, 0.6) is 0 Å². The highest BCUT2D eigenvalue weighted by Gasteiger charge is 2.52. The number of nitrogens with zero attached hydrogens (tertiary/aromatic N) is 2. The largest absolute Gasteiger partial charge is 0.390 e. The third-order valence-corrected chi connectivity index (χ3v) is 6.88. The Kier molecular flexibility index (Phi) is 4.87. The molecule has 2 aromatic rings. The molecule has 1 N–H and O–H groups in total. The van der Waals surface area contributed by atoms with Crippen molar-refractivity contribution in [3.8, 4) is 0 Å². The Balaban J connectivity index is 1.55. The Bertz CT molecular complexity index is 821. The molecule has 0 bridgehead atoms. The first-order valence-corrected chi connectivity index (χ1v) is 10.1. The van der Waals surface area contributed by atoms with Crippen molar-refractivity contribution in [2.45, 2.75) is 50.8 Å². The number of likely N-dealkylation sites (N-methyl/N-ethyl adjacent to an activating group) is 1. The highest BCUT2D eigenvalue weighted by atomic mass is 16.3. The number of piperidine rings is 1. The second kappa shape index (κ2) is 7.05. The number of benzene rings is 2. The van der Waals surface area contributed by atoms with Gasteiger partial charge in [0.25, 0.3) is 0 Å². The van der Waals surface area contributed by atoms with E-state index in [-0.39, 0.29) is 17.6 Å². The van der Waals surface area contributed by atoms with E-state index in [9.17, 15) is 5.11 Å². The number of hydrogen-bond acceptors (Lipinski definition) is 3. The van der Waals surface area contributed by atoms with Gasteiger partial charge in [-0.15, -0.1) is 0 Å². The van der Waals surface area contributed by atoms with Crippen molar-refractivity contribution in [1.29, 1.82) is 0 Å². The summed E-state index contributed by atoms with van der Waals surface area (Å²) in [6.45, 7) is 7.47. The lowest BCUT2D eigenvalue weighted by atomic mass is 9.72. The molecular formula is C24H32N2O. The summed E-state index contributed by atoms with van der Waals surface area (Å²) >= 11 is 0. The van der Waals surface area contributed by atoms with E-state index in [0.29, 0.717) is 0 Å². The summed E-state index contributed by atoms with van der Waals surface area (Å²) in [5, 5.41) is 11.4. The fourth-order valence-electron chi connectivity index (χ4n) is 5.29. The van der Waals surface area contributed by atoms with Gasteiger partial charge in [0.1, 0.15) is 0 Å². The number of aryl methyl sites for hydroxylation is 2. The fraction of sp³-hybridized carbons (Fsp3) is 0.500. The summed E-state index contributed by atoms with van der Waals surface area (Å²) in [5.41, 5.74) is 6.74. The van der Waals surface area contributed by atoms with E-state index < -0.39 is 0 Å². The lowest BCUT2D eigenvalue weighted by Gasteiger charge is -2.43. The molecular weight excluding hydrogens is 332 g/mol. The molecule has 144 valence electrons. The lowest BCUT2D eigenvalue weighted by molar-refractivity contribution is -0.00395. The summed E-state index contributed by atoms with van der Waals surface area (Å²) in [6, 6.07) is 15.5. The molecule has 0 unspecified atom stereocenters. The van der Waals surface area contributed by atoms with Gasteiger partial charge in [-0.3, -0.25) is 4.90 Å². The third-order valence-electron chi connectivity index (χ3n) is 6.88. The van der Waals surface area contributed by atoms with Crippen LogP contribution in [0.25, 0.3) is 0 Å². The first-order valence-electron chi connectivity index (χ1n) is 10.1. The van der Waals surface area contributed by atoms with Gasteiger partial charge in [-0.1, -0.05) is 48.0 Å². The molecule has 2 aromatic carbocycles. The molecule has 0 aromatic heterocycles. The van der Waals surface area contributed by atoms with Crippen molar-refractivity contribution in [1.82, 2.24) is 9.80 Å². The smallest absolute Gasteiger partial charge is 0.0834 e. The minimum absolute atomic E-state index is 0.0936. The number of rotatable bonds is 3. The zero-order valence-corrected chi connectivity index (χ0v) is 17.1. The summed E-state index contributed by atoms with van der Waals surface area (Å²) < 4.78 is 0. The second-order valence-corrected chi connectivity index (χ2v) is 8.80. The van der Waals surface area contributed by atoms with Crippen molar-refractivity contribution >= 4 is 0 Å². The molecule has 1 aliphatic carbocycles. The van der Waals surface area contributed by atoms with Gasteiger partial charge in [-0.25, -0.2) is 0 Å². The van der Waals surface area contributed by atoms with Gasteiger partial charge >= 0.3 is 0 Å². The Morgan fingerprint density at radius 2 is 1.78 bits per heavy atom. The van der Waals surface area contributed by atoms with E-state index in [1.54, 1.807) is 0 Å². The van der Waals surface area contributed by atoms with Crippen molar-refractivity contribution in [3.63, 3.8) is 0 Å². The molecule has 1 fully saturated rings. The molecule has 2 atom stereocenters. The quantitative estimate of drug-likeness (QED) is 0.897. The van der Waals surface area contributed by atoms with Gasteiger partial charge < -0.3 is 10.0 Å². The van der Waals surface area contributed by atoms with Crippen molar-refractivity contribution in [2.75, 3.05) is 27.2 Å². The SMILES string of the molecule is Cc1ccc(C)c(CN2CCC3(CC2)c2ccccc2[C@H](N(C)C)[C@H]3O)c1. The van der Waals surface area contributed by atoms with Crippen molar-refractivity contribution in [2.24, 2.45) is 0 Å². The minimum atomic E-state index is -0.326. The molecule has 27 heavy (non-hydrogen) atoms. The Morgan fingerprint density at radius 1 is 1.07 bits per heavy atom. The molecule has 2 aliphatic rings. The van der Waals surface area contributed by atoms with E-state index in [1.165, 1.54) is 27.8 Å².